The van der Waals surface area contributed by atoms with Crippen molar-refractivity contribution in [3.05, 3.63) is 42.2 Å². The van der Waals surface area contributed by atoms with E-state index < -0.39 is 11.7 Å². The molecule has 1 aromatic carbocycles. The lowest BCUT2D eigenvalue weighted by Crippen LogP contribution is -2.06. The van der Waals surface area contributed by atoms with Crippen LogP contribution in [0.15, 0.2) is 45.5 Å². The number of hydrogen-bond donors (Lipinski definition) is 1. The molecule has 5 nitrogen and oxygen atoms in total. The number of halogens is 3. The van der Waals surface area contributed by atoms with E-state index in [1.54, 1.807) is 12.1 Å². The lowest BCUT2D eigenvalue weighted by atomic mass is 10.1. The molecule has 2 N–H and O–H groups in total. The van der Waals surface area contributed by atoms with E-state index in [1.165, 1.54) is 12.3 Å². The van der Waals surface area contributed by atoms with Crippen molar-refractivity contribution in [2.24, 2.45) is 0 Å². The molecule has 21 heavy (non-hydrogen) atoms. The lowest BCUT2D eigenvalue weighted by molar-refractivity contribution is -0.137. The van der Waals surface area contributed by atoms with E-state index in [0.29, 0.717) is 5.76 Å². The van der Waals surface area contributed by atoms with Gasteiger partial charge in [0, 0.05) is 11.3 Å². The Morgan fingerprint density at radius 1 is 1.14 bits per heavy atom. The molecule has 0 amide bonds. The van der Waals surface area contributed by atoms with Gasteiger partial charge in [0.1, 0.15) is 0 Å². The lowest BCUT2D eigenvalue weighted by Gasteiger charge is -2.08. The van der Waals surface area contributed by atoms with Gasteiger partial charge in [-0.05, 0) is 30.3 Å². The molecule has 0 atom stereocenters. The van der Waals surface area contributed by atoms with Crippen LogP contribution in [0.5, 0.6) is 0 Å². The molecule has 3 aromatic rings. The molecule has 0 aliphatic heterocycles. The number of nitrogen functional groups attached to an aromatic ring is 1. The zero-order chi connectivity index (χ0) is 15.0. The summed E-state index contributed by atoms with van der Waals surface area (Å²) >= 11 is 0. The molecule has 0 fully saturated rings. The number of nitrogens with zero attached hydrogens (tertiary/aromatic N) is 2. The molecule has 0 spiro atoms. The van der Waals surface area contributed by atoms with Crippen molar-refractivity contribution < 1.29 is 22.1 Å². The van der Waals surface area contributed by atoms with Gasteiger partial charge in [0.25, 0.3) is 5.89 Å². The summed E-state index contributed by atoms with van der Waals surface area (Å²) in [5, 5.41) is 3.65. The third kappa shape index (κ3) is 2.60. The normalized spacial score (nSPS) is 11.8. The molecule has 0 aliphatic carbocycles. The van der Waals surface area contributed by atoms with Crippen LogP contribution < -0.4 is 5.73 Å². The van der Waals surface area contributed by atoms with Crippen molar-refractivity contribution in [2.75, 3.05) is 5.73 Å². The van der Waals surface area contributed by atoms with Crippen LogP contribution in [0.25, 0.3) is 23.0 Å². The van der Waals surface area contributed by atoms with Gasteiger partial charge in [0.15, 0.2) is 5.76 Å². The first-order valence-electron chi connectivity index (χ1n) is 5.79. The molecule has 0 unspecified atom stereocenters. The smallest absolute Gasteiger partial charge is 0.416 e. The van der Waals surface area contributed by atoms with Crippen LogP contribution in [-0.2, 0) is 6.18 Å². The fraction of sp³-hybridized carbons (Fsp3) is 0.0769. The first-order chi connectivity index (χ1) is 9.93. The number of benzene rings is 1. The van der Waals surface area contributed by atoms with E-state index in [9.17, 15) is 13.2 Å². The SMILES string of the molecule is Nc1cc(-c2nc(-c3ccco3)no2)cc(C(F)(F)F)c1. The number of rotatable bonds is 2. The molecule has 3 rings (SSSR count). The fourth-order valence-electron chi connectivity index (χ4n) is 1.79. The summed E-state index contributed by atoms with van der Waals surface area (Å²) in [4.78, 5) is 3.99. The summed E-state index contributed by atoms with van der Waals surface area (Å²) < 4.78 is 48.3. The van der Waals surface area contributed by atoms with Gasteiger partial charge in [0.05, 0.1) is 11.8 Å². The molecule has 0 bridgehead atoms. The molecule has 2 aromatic heterocycles. The minimum Gasteiger partial charge on any atom is -0.461 e. The Balaban J connectivity index is 2.03. The van der Waals surface area contributed by atoms with E-state index >= 15 is 0 Å². The van der Waals surface area contributed by atoms with E-state index in [0.717, 1.165) is 12.1 Å². The summed E-state index contributed by atoms with van der Waals surface area (Å²) in [6, 6.07) is 6.31. The maximum absolute atomic E-state index is 12.8. The minimum absolute atomic E-state index is 0.0439. The van der Waals surface area contributed by atoms with Gasteiger partial charge in [-0.2, -0.15) is 18.2 Å². The Hall–Kier alpha value is -2.77. The van der Waals surface area contributed by atoms with Gasteiger partial charge in [-0.25, -0.2) is 0 Å². The van der Waals surface area contributed by atoms with Crippen LogP contribution in [0.1, 0.15) is 5.56 Å². The highest BCUT2D eigenvalue weighted by atomic mass is 19.4. The maximum atomic E-state index is 12.8. The second-order valence-electron chi connectivity index (χ2n) is 4.24. The highest BCUT2D eigenvalue weighted by molar-refractivity contribution is 5.63. The van der Waals surface area contributed by atoms with Gasteiger partial charge in [-0.1, -0.05) is 5.16 Å². The van der Waals surface area contributed by atoms with Crippen molar-refractivity contribution >= 4 is 5.69 Å². The van der Waals surface area contributed by atoms with Crippen LogP contribution in [0.4, 0.5) is 18.9 Å². The first-order valence-corrected chi connectivity index (χ1v) is 5.79. The van der Waals surface area contributed by atoms with Gasteiger partial charge in [0.2, 0.25) is 5.82 Å². The Bertz CT molecular complexity index is 763. The van der Waals surface area contributed by atoms with Crippen LogP contribution in [0, 0.1) is 0 Å². The predicted molar refractivity (Wildman–Crippen MR) is 66.9 cm³/mol. The fourth-order valence-corrected chi connectivity index (χ4v) is 1.79. The van der Waals surface area contributed by atoms with Crippen LogP contribution in [-0.4, -0.2) is 10.1 Å². The van der Waals surface area contributed by atoms with Crippen molar-refractivity contribution in [1.29, 1.82) is 0 Å². The van der Waals surface area contributed by atoms with Gasteiger partial charge in [-0.3, -0.25) is 0 Å². The molecular weight excluding hydrogens is 287 g/mol. The van der Waals surface area contributed by atoms with Crippen LogP contribution in [0.2, 0.25) is 0 Å². The molecule has 0 aliphatic rings. The monoisotopic (exact) mass is 295 g/mol. The summed E-state index contributed by atoms with van der Waals surface area (Å²) in [6.07, 6.45) is -3.08. The minimum atomic E-state index is -4.51. The highest BCUT2D eigenvalue weighted by Crippen LogP contribution is 2.34. The quantitative estimate of drug-likeness (QED) is 0.731. The number of anilines is 1. The Morgan fingerprint density at radius 2 is 1.95 bits per heavy atom. The van der Waals surface area contributed by atoms with E-state index in [1.807, 2.05) is 0 Å². The molecule has 0 radical (unpaired) electrons. The molecular formula is C13H8F3N3O2. The third-order valence-corrected chi connectivity index (χ3v) is 2.70. The van der Waals surface area contributed by atoms with E-state index in [-0.39, 0.29) is 23.0 Å². The summed E-state index contributed by atoms with van der Waals surface area (Å²) in [5.74, 6) is 0.426. The van der Waals surface area contributed by atoms with Crippen molar-refractivity contribution in [3.8, 4) is 23.0 Å². The van der Waals surface area contributed by atoms with Crippen molar-refractivity contribution in [1.82, 2.24) is 10.1 Å². The van der Waals surface area contributed by atoms with Crippen LogP contribution >= 0.6 is 0 Å². The number of alkyl halides is 3. The largest absolute Gasteiger partial charge is 0.461 e. The average Bonchev–Trinajstić information content (AvgIpc) is 3.08. The summed E-state index contributed by atoms with van der Waals surface area (Å²) in [7, 11) is 0. The van der Waals surface area contributed by atoms with Gasteiger partial charge < -0.3 is 14.7 Å². The van der Waals surface area contributed by atoms with Gasteiger partial charge >= 0.3 is 6.18 Å². The molecule has 0 saturated heterocycles. The number of furan rings is 1. The Labute approximate surface area is 116 Å². The number of aromatic nitrogens is 2. The second kappa shape index (κ2) is 4.65. The van der Waals surface area contributed by atoms with E-state index in [2.05, 4.69) is 10.1 Å². The standard InChI is InChI=1S/C13H8F3N3O2/c14-13(15,16)8-4-7(5-9(17)6-8)12-18-11(19-21-12)10-2-1-3-20-10/h1-6H,17H2. The molecule has 108 valence electrons. The zero-order valence-corrected chi connectivity index (χ0v) is 10.4. The van der Waals surface area contributed by atoms with Gasteiger partial charge in [-0.15, -0.1) is 0 Å². The molecule has 2 heterocycles. The highest BCUT2D eigenvalue weighted by Gasteiger charge is 2.31. The van der Waals surface area contributed by atoms with Crippen LogP contribution in [0.3, 0.4) is 0 Å². The molecule has 0 saturated carbocycles. The summed E-state index contributed by atoms with van der Waals surface area (Å²) in [6.45, 7) is 0. The Kier molecular flexibility index (Phi) is 2.93. The van der Waals surface area contributed by atoms with Crippen molar-refractivity contribution in [3.63, 3.8) is 0 Å². The number of hydrogen-bond acceptors (Lipinski definition) is 5. The first kappa shape index (κ1) is 13.2. The number of nitrogens with two attached hydrogens (primary N) is 1. The topological polar surface area (TPSA) is 78.1 Å². The van der Waals surface area contributed by atoms with E-state index in [4.69, 9.17) is 14.7 Å². The molecule has 8 heteroatoms. The Morgan fingerprint density at radius 3 is 2.62 bits per heavy atom. The summed E-state index contributed by atoms with van der Waals surface area (Å²) in [5.41, 5.74) is 4.65. The van der Waals surface area contributed by atoms with Crippen molar-refractivity contribution in [2.45, 2.75) is 6.18 Å². The second-order valence-corrected chi connectivity index (χ2v) is 4.24. The zero-order valence-electron chi connectivity index (χ0n) is 10.4. The maximum Gasteiger partial charge on any atom is 0.416 e. The third-order valence-electron chi connectivity index (χ3n) is 2.70. The predicted octanol–water partition coefficient (Wildman–Crippen LogP) is 3.60. The average molecular weight is 295 g/mol.